The van der Waals surface area contributed by atoms with E-state index >= 15 is 0 Å². The average molecular weight is 196 g/mol. The molecule has 0 unspecified atom stereocenters. The van der Waals surface area contributed by atoms with Gasteiger partial charge in [0.15, 0.2) is 5.79 Å². The molecule has 0 amide bonds. The van der Waals surface area contributed by atoms with E-state index in [1.165, 1.54) is 12.0 Å². The topological polar surface area (TPSA) is 18.5 Å². The van der Waals surface area contributed by atoms with Crippen LogP contribution in [0.3, 0.4) is 0 Å². The highest BCUT2D eigenvalue weighted by Gasteiger charge is 2.38. The lowest BCUT2D eigenvalue weighted by molar-refractivity contribution is -0.163. The van der Waals surface area contributed by atoms with Crippen LogP contribution in [0.1, 0.15) is 39.5 Å². The Hall–Kier alpha value is -0.340. The SMILES string of the molecule is CC(C)CC1=CCCC2(C1)OCCO2. The van der Waals surface area contributed by atoms with Gasteiger partial charge in [-0.15, -0.1) is 0 Å². The number of hydrogen-bond acceptors (Lipinski definition) is 2. The van der Waals surface area contributed by atoms with Crippen molar-refractivity contribution in [2.75, 3.05) is 13.2 Å². The lowest BCUT2D eigenvalue weighted by atomic mass is 9.88. The normalized spacial score (nSPS) is 25.8. The molecule has 1 saturated heterocycles. The van der Waals surface area contributed by atoms with Crippen LogP contribution in [0.15, 0.2) is 11.6 Å². The van der Waals surface area contributed by atoms with Gasteiger partial charge in [0.1, 0.15) is 0 Å². The molecule has 0 bridgehead atoms. The van der Waals surface area contributed by atoms with Crippen molar-refractivity contribution >= 4 is 0 Å². The highest BCUT2D eigenvalue weighted by molar-refractivity contribution is 5.10. The fourth-order valence-corrected chi connectivity index (χ4v) is 2.43. The third-order valence-electron chi connectivity index (χ3n) is 2.94. The summed E-state index contributed by atoms with van der Waals surface area (Å²) in [7, 11) is 0. The highest BCUT2D eigenvalue weighted by atomic mass is 16.7. The molecule has 2 aliphatic rings. The Kier molecular flexibility index (Phi) is 2.93. The second-order valence-corrected chi connectivity index (χ2v) is 4.78. The molecule has 80 valence electrons. The molecule has 1 aliphatic heterocycles. The molecule has 0 aromatic rings. The molecule has 0 atom stereocenters. The van der Waals surface area contributed by atoms with Gasteiger partial charge in [-0.3, -0.25) is 0 Å². The van der Waals surface area contributed by atoms with Crippen LogP contribution in [0, 0.1) is 5.92 Å². The molecule has 2 heteroatoms. The highest BCUT2D eigenvalue weighted by Crippen LogP contribution is 2.37. The number of hydrogen-bond donors (Lipinski definition) is 0. The fourth-order valence-electron chi connectivity index (χ4n) is 2.43. The monoisotopic (exact) mass is 196 g/mol. The van der Waals surface area contributed by atoms with Gasteiger partial charge in [-0.05, 0) is 18.8 Å². The summed E-state index contributed by atoms with van der Waals surface area (Å²) in [5.41, 5.74) is 1.52. The lowest BCUT2D eigenvalue weighted by Gasteiger charge is -2.32. The van der Waals surface area contributed by atoms with Crippen molar-refractivity contribution < 1.29 is 9.47 Å². The fraction of sp³-hybridized carbons (Fsp3) is 0.833. The lowest BCUT2D eigenvalue weighted by Crippen LogP contribution is -2.32. The molecule has 1 heterocycles. The van der Waals surface area contributed by atoms with E-state index in [1.54, 1.807) is 0 Å². The van der Waals surface area contributed by atoms with E-state index in [4.69, 9.17) is 9.47 Å². The van der Waals surface area contributed by atoms with Gasteiger partial charge in [0.05, 0.1) is 13.2 Å². The van der Waals surface area contributed by atoms with E-state index in [1.807, 2.05) is 0 Å². The van der Waals surface area contributed by atoms with Gasteiger partial charge in [0.25, 0.3) is 0 Å². The molecule has 1 aliphatic carbocycles. The van der Waals surface area contributed by atoms with Gasteiger partial charge in [-0.1, -0.05) is 25.5 Å². The van der Waals surface area contributed by atoms with Crippen LogP contribution in [0.2, 0.25) is 0 Å². The quantitative estimate of drug-likeness (QED) is 0.632. The van der Waals surface area contributed by atoms with Crippen molar-refractivity contribution in [3.05, 3.63) is 11.6 Å². The zero-order valence-electron chi connectivity index (χ0n) is 9.21. The Labute approximate surface area is 86.3 Å². The molecule has 1 spiro atoms. The second kappa shape index (κ2) is 4.03. The minimum absolute atomic E-state index is 0.237. The molecule has 0 aromatic heterocycles. The minimum atomic E-state index is -0.237. The summed E-state index contributed by atoms with van der Waals surface area (Å²) in [5.74, 6) is 0.497. The van der Waals surface area contributed by atoms with Crippen LogP contribution in [0.25, 0.3) is 0 Å². The van der Waals surface area contributed by atoms with E-state index < -0.39 is 0 Å². The third-order valence-corrected chi connectivity index (χ3v) is 2.94. The van der Waals surface area contributed by atoms with E-state index in [2.05, 4.69) is 19.9 Å². The molecule has 2 nitrogen and oxygen atoms in total. The van der Waals surface area contributed by atoms with E-state index in [9.17, 15) is 0 Å². The van der Waals surface area contributed by atoms with Crippen LogP contribution in [0.4, 0.5) is 0 Å². The Bertz CT molecular complexity index is 224. The summed E-state index contributed by atoms with van der Waals surface area (Å²) in [6.45, 7) is 6.07. The number of rotatable bonds is 2. The standard InChI is InChI=1S/C12H20O2/c1-10(2)8-11-4-3-5-12(9-11)13-6-7-14-12/h4,10H,3,5-9H2,1-2H3. The minimum Gasteiger partial charge on any atom is -0.347 e. The van der Waals surface area contributed by atoms with Crippen LogP contribution in [-0.2, 0) is 9.47 Å². The molecule has 1 fully saturated rings. The maximum absolute atomic E-state index is 5.73. The summed E-state index contributed by atoms with van der Waals surface area (Å²) in [5, 5.41) is 0. The Balaban J connectivity index is 1.97. The maximum Gasteiger partial charge on any atom is 0.172 e. The third kappa shape index (κ3) is 2.18. The van der Waals surface area contributed by atoms with Crippen LogP contribution >= 0.6 is 0 Å². The first-order valence-electron chi connectivity index (χ1n) is 5.66. The Morgan fingerprint density at radius 3 is 2.71 bits per heavy atom. The molecule has 0 saturated carbocycles. The van der Waals surface area contributed by atoms with Crippen LogP contribution in [-0.4, -0.2) is 19.0 Å². The van der Waals surface area contributed by atoms with E-state index in [0.29, 0.717) is 0 Å². The molecular weight excluding hydrogens is 176 g/mol. The van der Waals surface area contributed by atoms with Gasteiger partial charge in [0, 0.05) is 12.8 Å². The van der Waals surface area contributed by atoms with E-state index in [0.717, 1.165) is 38.4 Å². The Morgan fingerprint density at radius 1 is 1.36 bits per heavy atom. The first-order chi connectivity index (χ1) is 6.70. The maximum atomic E-state index is 5.73. The molecule has 0 radical (unpaired) electrons. The van der Waals surface area contributed by atoms with Crippen LogP contribution in [0.5, 0.6) is 0 Å². The molecule has 0 N–H and O–H groups in total. The number of ether oxygens (including phenoxy) is 2. The van der Waals surface area contributed by atoms with Gasteiger partial charge in [-0.2, -0.15) is 0 Å². The zero-order valence-corrected chi connectivity index (χ0v) is 9.21. The van der Waals surface area contributed by atoms with Crippen molar-refractivity contribution in [2.45, 2.75) is 45.3 Å². The van der Waals surface area contributed by atoms with Crippen LogP contribution < -0.4 is 0 Å². The van der Waals surface area contributed by atoms with Gasteiger partial charge < -0.3 is 9.47 Å². The van der Waals surface area contributed by atoms with Crippen molar-refractivity contribution in [1.29, 1.82) is 0 Å². The first kappa shape index (κ1) is 10.2. The van der Waals surface area contributed by atoms with Crippen molar-refractivity contribution in [3.8, 4) is 0 Å². The first-order valence-corrected chi connectivity index (χ1v) is 5.66. The van der Waals surface area contributed by atoms with E-state index in [-0.39, 0.29) is 5.79 Å². The summed E-state index contributed by atoms with van der Waals surface area (Å²) in [6, 6.07) is 0. The summed E-state index contributed by atoms with van der Waals surface area (Å²) >= 11 is 0. The largest absolute Gasteiger partial charge is 0.347 e. The van der Waals surface area contributed by atoms with Crippen molar-refractivity contribution in [1.82, 2.24) is 0 Å². The predicted octanol–water partition coefficient (Wildman–Crippen LogP) is 2.89. The summed E-state index contributed by atoms with van der Waals surface area (Å²) in [4.78, 5) is 0. The second-order valence-electron chi connectivity index (χ2n) is 4.78. The van der Waals surface area contributed by atoms with Gasteiger partial charge in [0.2, 0.25) is 0 Å². The van der Waals surface area contributed by atoms with Gasteiger partial charge in [-0.25, -0.2) is 0 Å². The molecule has 0 aromatic carbocycles. The molecule has 2 rings (SSSR count). The average Bonchev–Trinajstić information content (AvgIpc) is 2.52. The predicted molar refractivity (Wildman–Crippen MR) is 56.0 cm³/mol. The summed E-state index contributed by atoms with van der Waals surface area (Å²) in [6.07, 6.45) is 6.70. The van der Waals surface area contributed by atoms with Gasteiger partial charge >= 0.3 is 0 Å². The smallest absolute Gasteiger partial charge is 0.172 e. The van der Waals surface area contributed by atoms with Crippen molar-refractivity contribution in [2.24, 2.45) is 5.92 Å². The Morgan fingerprint density at radius 2 is 2.07 bits per heavy atom. The molecular formula is C12H20O2. The van der Waals surface area contributed by atoms with Crippen molar-refractivity contribution in [3.63, 3.8) is 0 Å². The number of allylic oxidation sites excluding steroid dienone is 1. The summed E-state index contributed by atoms with van der Waals surface area (Å²) < 4.78 is 11.5. The molecule has 14 heavy (non-hydrogen) atoms. The zero-order chi connectivity index (χ0) is 10.0.